The second-order valence-corrected chi connectivity index (χ2v) is 9.56. The number of carbonyl (C=O) groups excluding carboxylic acids is 1. The van der Waals surface area contributed by atoms with Gasteiger partial charge in [0, 0.05) is 12.3 Å². The normalized spacial score (nSPS) is 51.0. The molecular weight excluding hydrogens is 303 g/mol. The highest BCUT2D eigenvalue weighted by molar-refractivity contribution is 5.79. The Morgan fingerprint density at radius 3 is 2.54 bits per heavy atom. The lowest BCUT2D eigenvalue weighted by Gasteiger charge is -2.58. The monoisotopic (exact) mass is 334 g/mol. The number of hydrogen-bond acceptors (Lipinski definition) is 2. The average Bonchev–Trinajstić information content (AvgIpc) is 2.87. The van der Waals surface area contributed by atoms with Crippen molar-refractivity contribution in [2.45, 2.75) is 78.2 Å². The molecule has 3 heteroatoms. The molecule has 24 heavy (non-hydrogen) atoms. The quantitative estimate of drug-likeness (QED) is 0.747. The maximum atomic E-state index is 15.0. The number of hydrogen-bond donors (Lipinski definition) is 1. The summed E-state index contributed by atoms with van der Waals surface area (Å²) in [6, 6.07) is 0. The molecule has 2 nitrogen and oxygen atoms in total. The van der Waals surface area contributed by atoms with Crippen LogP contribution < -0.4 is 0 Å². The first-order valence-corrected chi connectivity index (χ1v) is 9.84. The number of halogens is 1. The highest BCUT2D eigenvalue weighted by atomic mass is 19.1. The number of ketones is 1. The largest absolute Gasteiger partial charge is 0.393 e. The van der Waals surface area contributed by atoms with Crippen LogP contribution in [-0.4, -0.2) is 17.0 Å². The predicted molar refractivity (Wildman–Crippen MR) is 91.9 cm³/mol. The van der Waals surface area contributed by atoms with Gasteiger partial charge in [0.1, 0.15) is 11.6 Å². The van der Waals surface area contributed by atoms with Gasteiger partial charge < -0.3 is 5.11 Å². The van der Waals surface area contributed by atoms with Crippen molar-refractivity contribution in [3.63, 3.8) is 0 Å². The first-order chi connectivity index (χ1) is 11.3. The second kappa shape index (κ2) is 5.40. The molecule has 0 radical (unpaired) electrons. The van der Waals surface area contributed by atoms with Gasteiger partial charge in [-0.15, -0.1) is 0 Å². The van der Waals surface area contributed by atoms with E-state index in [0.29, 0.717) is 36.4 Å². The molecule has 0 saturated heterocycles. The van der Waals surface area contributed by atoms with Crippen molar-refractivity contribution < 1.29 is 14.3 Å². The van der Waals surface area contributed by atoms with Crippen LogP contribution in [0.5, 0.6) is 0 Å². The van der Waals surface area contributed by atoms with Gasteiger partial charge in [0.25, 0.3) is 0 Å². The van der Waals surface area contributed by atoms with Crippen LogP contribution in [0, 0.1) is 34.5 Å². The molecule has 0 amide bonds. The molecule has 4 aliphatic carbocycles. The lowest BCUT2D eigenvalue weighted by molar-refractivity contribution is -0.127. The smallest absolute Gasteiger partial charge is 0.133 e. The van der Waals surface area contributed by atoms with E-state index in [4.69, 9.17) is 0 Å². The van der Waals surface area contributed by atoms with Crippen LogP contribution in [-0.2, 0) is 4.79 Å². The van der Waals surface area contributed by atoms with E-state index in [1.54, 1.807) is 6.92 Å². The molecular formula is C21H31FO2. The number of allylic oxidation sites excluding steroid dienone is 1. The zero-order valence-electron chi connectivity index (χ0n) is 15.3. The van der Waals surface area contributed by atoms with Crippen LogP contribution in [0.1, 0.15) is 72.1 Å². The third kappa shape index (κ3) is 2.12. The van der Waals surface area contributed by atoms with Crippen molar-refractivity contribution in [3.05, 3.63) is 11.4 Å². The molecule has 4 aliphatic rings. The minimum Gasteiger partial charge on any atom is -0.393 e. The molecule has 0 aromatic carbocycles. The Bertz CT molecular complexity index is 597. The molecule has 0 bridgehead atoms. The molecule has 0 heterocycles. The third-order valence-electron chi connectivity index (χ3n) is 8.61. The van der Waals surface area contributed by atoms with Crippen molar-refractivity contribution in [1.29, 1.82) is 0 Å². The number of aliphatic hydroxyl groups excluding tert-OH is 1. The number of rotatable bonds is 1. The molecule has 0 spiro atoms. The third-order valence-corrected chi connectivity index (χ3v) is 8.61. The van der Waals surface area contributed by atoms with E-state index in [1.165, 1.54) is 0 Å². The van der Waals surface area contributed by atoms with Gasteiger partial charge in [-0.2, -0.15) is 0 Å². The summed E-state index contributed by atoms with van der Waals surface area (Å²) in [6.45, 7) is 6.30. The fourth-order valence-corrected chi connectivity index (χ4v) is 7.38. The summed E-state index contributed by atoms with van der Waals surface area (Å²) in [6.07, 6.45) is 6.73. The lowest BCUT2D eigenvalue weighted by atomic mass is 9.47. The van der Waals surface area contributed by atoms with Gasteiger partial charge in [-0.25, -0.2) is 4.39 Å². The molecule has 134 valence electrons. The van der Waals surface area contributed by atoms with Crippen LogP contribution in [0.25, 0.3) is 0 Å². The maximum absolute atomic E-state index is 15.0. The highest BCUT2D eigenvalue weighted by Crippen LogP contribution is 2.67. The molecule has 0 aliphatic heterocycles. The first kappa shape index (κ1) is 16.8. The van der Waals surface area contributed by atoms with Gasteiger partial charge in [-0.3, -0.25) is 4.79 Å². The molecule has 3 saturated carbocycles. The minimum absolute atomic E-state index is 0.0630. The van der Waals surface area contributed by atoms with Crippen molar-refractivity contribution in [2.75, 3.05) is 0 Å². The zero-order chi connectivity index (χ0) is 17.3. The van der Waals surface area contributed by atoms with E-state index in [1.807, 2.05) is 0 Å². The number of aliphatic hydroxyl groups is 1. The molecule has 7 atom stereocenters. The van der Waals surface area contributed by atoms with Gasteiger partial charge in [-0.05, 0) is 86.0 Å². The predicted octanol–water partition coefficient (Wildman–Crippen LogP) is 4.81. The van der Waals surface area contributed by atoms with Gasteiger partial charge in [0.05, 0.1) is 6.10 Å². The topological polar surface area (TPSA) is 37.3 Å². The van der Waals surface area contributed by atoms with Gasteiger partial charge in [0.15, 0.2) is 0 Å². The van der Waals surface area contributed by atoms with E-state index in [0.717, 1.165) is 44.1 Å². The Morgan fingerprint density at radius 2 is 1.83 bits per heavy atom. The van der Waals surface area contributed by atoms with Crippen LogP contribution in [0.2, 0.25) is 0 Å². The second-order valence-electron chi connectivity index (χ2n) is 9.56. The Hall–Kier alpha value is -0.700. The summed E-state index contributed by atoms with van der Waals surface area (Å²) in [5.74, 6) is 1.98. The van der Waals surface area contributed by atoms with E-state index in [-0.39, 0.29) is 28.7 Å². The number of Topliss-reactive ketones (excluding diaryl/α,β-unsaturated/α-hetero) is 1. The van der Waals surface area contributed by atoms with Crippen LogP contribution in [0.4, 0.5) is 4.39 Å². The summed E-state index contributed by atoms with van der Waals surface area (Å²) in [4.78, 5) is 12.1. The van der Waals surface area contributed by atoms with Crippen molar-refractivity contribution in [1.82, 2.24) is 0 Å². The standard InChI is InChI=1S/C21H31FO2/c1-12(23)15-4-5-16-14-11-19(22)18-10-13(24)6-8-21(18,3)17(14)7-9-20(15,16)2/h13-17,24H,4-11H2,1-3H3/t13-,14-,15+,16-,17-,20+,21+/m0/s1. The fraction of sp³-hybridized carbons (Fsp3) is 0.857. The highest BCUT2D eigenvalue weighted by Gasteiger charge is 2.60. The maximum Gasteiger partial charge on any atom is 0.133 e. The average molecular weight is 334 g/mol. The molecule has 0 aromatic rings. The lowest BCUT2D eigenvalue weighted by Crippen LogP contribution is -2.51. The molecule has 4 rings (SSSR count). The van der Waals surface area contributed by atoms with Crippen LogP contribution in [0.3, 0.4) is 0 Å². The number of fused-ring (bicyclic) bond motifs is 5. The minimum atomic E-state index is -0.363. The van der Waals surface area contributed by atoms with E-state index in [9.17, 15) is 9.90 Å². The van der Waals surface area contributed by atoms with Crippen LogP contribution in [0.15, 0.2) is 11.4 Å². The summed E-state index contributed by atoms with van der Waals surface area (Å²) in [5.41, 5.74) is 0.934. The van der Waals surface area contributed by atoms with Gasteiger partial charge in [-0.1, -0.05) is 13.8 Å². The zero-order valence-corrected chi connectivity index (χ0v) is 15.3. The van der Waals surface area contributed by atoms with Gasteiger partial charge >= 0.3 is 0 Å². The summed E-state index contributed by atoms with van der Waals surface area (Å²) >= 11 is 0. The number of carbonyl (C=O) groups is 1. The van der Waals surface area contributed by atoms with Gasteiger partial charge in [0.2, 0.25) is 0 Å². The fourth-order valence-electron chi connectivity index (χ4n) is 7.38. The molecule has 3 fully saturated rings. The Balaban J connectivity index is 1.71. The van der Waals surface area contributed by atoms with Crippen molar-refractivity contribution in [2.24, 2.45) is 34.5 Å². The first-order valence-electron chi connectivity index (χ1n) is 9.84. The SMILES string of the molecule is CC(=O)[C@H]1CC[C@H]2[C@@H]3CC(F)=C4C[C@@H](O)CC[C@]4(C)[C@H]3CC[C@]12C. The van der Waals surface area contributed by atoms with Crippen molar-refractivity contribution in [3.8, 4) is 0 Å². The molecule has 1 N–H and O–H groups in total. The summed E-state index contributed by atoms with van der Waals surface area (Å²) in [7, 11) is 0. The van der Waals surface area contributed by atoms with Crippen molar-refractivity contribution >= 4 is 5.78 Å². The van der Waals surface area contributed by atoms with Crippen LogP contribution >= 0.6 is 0 Å². The summed E-state index contributed by atoms with van der Waals surface area (Å²) < 4.78 is 15.0. The molecule has 0 unspecified atom stereocenters. The van der Waals surface area contributed by atoms with E-state index >= 15 is 4.39 Å². The Labute approximate surface area is 144 Å². The van der Waals surface area contributed by atoms with E-state index in [2.05, 4.69) is 13.8 Å². The van der Waals surface area contributed by atoms with E-state index < -0.39 is 0 Å². The summed E-state index contributed by atoms with van der Waals surface area (Å²) in [5, 5.41) is 10.0. The Morgan fingerprint density at radius 1 is 1.08 bits per heavy atom. The molecule has 0 aromatic heterocycles. The Kier molecular flexibility index (Phi) is 3.77.